The van der Waals surface area contributed by atoms with Crippen LogP contribution in [0.4, 0.5) is 0 Å². The molecule has 0 atom stereocenters. The maximum atomic E-state index is 11.0. The Bertz CT molecular complexity index is 423. The molecule has 92 valence electrons. The summed E-state index contributed by atoms with van der Waals surface area (Å²) in [5.74, 6) is 0.0519. The van der Waals surface area contributed by atoms with E-state index in [0.717, 1.165) is 18.4 Å². The van der Waals surface area contributed by atoms with E-state index < -0.39 is 5.97 Å². The smallest absolute Gasteiger partial charge is 0.308 e. The van der Waals surface area contributed by atoms with Crippen LogP contribution in [0.5, 0.6) is 11.5 Å². The van der Waals surface area contributed by atoms with Crippen LogP contribution in [0, 0.1) is 0 Å². The number of hydrogen-bond acceptors (Lipinski definition) is 4. The first-order valence-electron chi connectivity index (χ1n) is 5.52. The minimum Gasteiger partial charge on any atom is -0.427 e. The van der Waals surface area contributed by atoms with Crippen molar-refractivity contribution in [1.29, 1.82) is 0 Å². The van der Waals surface area contributed by atoms with Crippen molar-refractivity contribution in [2.45, 2.75) is 33.6 Å². The van der Waals surface area contributed by atoms with E-state index in [4.69, 9.17) is 9.47 Å². The molecule has 0 amide bonds. The average molecular weight is 236 g/mol. The monoisotopic (exact) mass is 236 g/mol. The highest BCUT2D eigenvalue weighted by Crippen LogP contribution is 2.26. The van der Waals surface area contributed by atoms with E-state index in [1.54, 1.807) is 18.2 Å². The van der Waals surface area contributed by atoms with Gasteiger partial charge in [0.05, 0.1) is 0 Å². The Hall–Kier alpha value is -1.84. The zero-order valence-electron chi connectivity index (χ0n) is 10.3. The van der Waals surface area contributed by atoms with E-state index in [9.17, 15) is 9.59 Å². The highest BCUT2D eigenvalue weighted by molar-refractivity contribution is 5.71. The zero-order valence-corrected chi connectivity index (χ0v) is 10.3. The highest BCUT2D eigenvalue weighted by atomic mass is 16.5. The van der Waals surface area contributed by atoms with Gasteiger partial charge in [0.15, 0.2) is 0 Å². The molecule has 17 heavy (non-hydrogen) atoms. The summed E-state index contributed by atoms with van der Waals surface area (Å²) in [5.41, 5.74) is 0.929. The summed E-state index contributed by atoms with van der Waals surface area (Å²) in [5, 5.41) is 0. The third-order valence-corrected chi connectivity index (χ3v) is 2.07. The SMILES string of the molecule is CCCc1ccc(OC(C)=O)cc1OC(C)=O. The number of ether oxygens (including phenoxy) is 2. The third kappa shape index (κ3) is 4.26. The molecule has 0 unspecified atom stereocenters. The van der Waals surface area contributed by atoms with Crippen molar-refractivity contribution in [3.63, 3.8) is 0 Å². The van der Waals surface area contributed by atoms with Crippen molar-refractivity contribution in [3.8, 4) is 11.5 Å². The molecule has 0 aliphatic carbocycles. The van der Waals surface area contributed by atoms with Crippen molar-refractivity contribution >= 4 is 11.9 Å². The minimum absolute atomic E-state index is 0.383. The van der Waals surface area contributed by atoms with Crippen LogP contribution in [0.3, 0.4) is 0 Å². The topological polar surface area (TPSA) is 52.6 Å². The molecule has 0 saturated heterocycles. The van der Waals surface area contributed by atoms with E-state index in [-0.39, 0.29) is 5.97 Å². The highest BCUT2D eigenvalue weighted by Gasteiger charge is 2.08. The number of carbonyl (C=O) groups is 2. The van der Waals surface area contributed by atoms with Crippen LogP contribution < -0.4 is 9.47 Å². The molecule has 0 bridgehead atoms. The number of aryl methyl sites for hydroxylation is 1. The number of hydrogen-bond donors (Lipinski definition) is 0. The summed E-state index contributed by atoms with van der Waals surface area (Å²) in [4.78, 5) is 21.8. The van der Waals surface area contributed by atoms with Crippen LogP contribution in [0.2, 0.25) is 0 Å². The molecule has 0 aliphatic rings. The second-order valence-corrected chi connectivity index (χ2v) is 3.71. The lowest BCUT2D eigenvalue weighted by atomic mass is 10.1. The second kappa shape index (κ2) is 6.03. The molecule has 0 heterocycles. The predicted octanol–water partition coefficient (Wildman–Crippen LogP) is 2.49. The van der Waals surface area contributed by atoms with E-state index in [0.29, 0.717) is 11.5 Å². The number of rotatable bonds is 4. The van der Waals surface area contributed by atoms with Gasteiger partial charge < -0.3 is 9.47 Å². The molecule has 1 aromatic rings. The van der Waals surface area contributed by atoms with Crippen LogP contribution in [0.25, 0.3) is 0 Å². The molecule has 0 spiro atoms. The second-order valence-electron chi connectivity index (χ2n) is 3.71. The average Bonchev–Trinajstić information content (AvgIpc) is 2.20. The van der Waals surface area contributed by atoms with Gasteiger partial charge in [0, 0.05) is 19.9 Å². The van der Waals surface area contributed by atoms with Gasteiger partial charge >= 0.3 is 11.9 Å². The Morgan fingerprint density at radius 3 is 2.29 bits per heavy atom. The summed E-state index contributed by atoms with van der Waals surface area (Å²) in [6, 6.07) is 5.06. The van der Waals surface area contributed by atoms with Crippen LogP contribution in [0.15, 0.2) is 18.2 Å². The molecule has 4 heteroatoms. The van der Waals surface area contributed by atoms with E-state index in [1.807, 2.05) is 6.92 Å². The lowest BCUT2D eigenvalue weighted by Gasteiger charge is -2.10. The summed E-state index contributed by atoms with van der Waals surface area (Å²) >= 11 is 0. The van der Waals surface area contributed by atoms with Crippen LogP contribution >= 0.6 is 0 Å². The Labute approximate surface area is 101 Å². The van der Waals surface area contributed by atoms with Gasteiger partial charge in [-0.3, -0.25) is 9.59 Å². The van der Waals surface area contributed by atoms with Crippen molar-refractivity contribution < 1.29 is 19.1 Å². The molecule has 1 rings (SSSR count). The van der Waals surface area contributed by atoms with Crippen LogP contribution in [-0.4, -0.2) is 11.9 Å². The maximum absolute atomic E-state index is 11.0. The fraction of sp³-hybridized carbons (Fsp3) is 0.385. The normalized spacial score (nSPS) is 9.82. The zero-order chi connectivity index (χ0) is 12.8. The fourth-order valence-corrected chi connectivity index (χ4v) is 1.49. The molecule has 4 nitrogen and oxygen atoms in total. The van der Waals surface area contributed by atoms with Gasteiger partial charge in [-0.15, -0.1) is 0 Å². The molecular weight excluding hydrogens is 220 g/mol. The molecular formula is C13H16O4. The van der Waals surface area contributed by atoms with E-state index in [1.165, 1.54) is 13.8 Å². The van der Waals surface area contributed by atoms with Crippen molar-refractivity contribution in [1.82, 2.24) is 0 Å². The number of carbonyl (C=O) groups excluding carboxylic acids is 2. The molecule has 0 N–H and O–H groups in total. The van der Waals surface area contributed by atoms with Gasteiger partial charge in [0.1, 0.15) is 11.5 Å². The standard InChI is InChI=1S/C13H16O4/c1-4-5-11-6-7-12(16-9(2)14)8-13(11)17-10(3)15/h6-8H,4-5H2,1-3H3. The Kier molecular flexibility index (Phi) is 4.69. The first-order valence-corrected chi connectivity index (χ1v) is 5.52. The number of esters is 2. The molecule has 0 fully saturated rings. The van der Waals surface area contributed by atoms with Gasteiger partial charge in [0.2, 0.25) is 0 Å². The lowest BCUT2D eigenvalue weighted by Crippen LogP contribution is -2.06. The first kappa shape index (κ1) is 13.2. The maximum Gasteiger partial charge on any atom is 0.308 e. The Morgan fingerprint density at radius 2 is 1.76 bits per heavy atom. The molecule has 0 aliphatic heterocycles. The Balaban J connectivity index is 3.00. The van der Waals surface area contributed by atoms with Crippen molar-refractivity contribution in [2.75, 3.05) is 0 Å². The van der Waals surface area contributed by atoms with Gasteiger partial charge in [-0.25, -0.2) is 0 Å². The molecule has 0 saturated carbocycles. The molecule has 1 aromatic carbocycles. The first-order chi connectivity index (χ1) is 8.02. The van der Waals surface area contributed by atoms with Crippen molar-refractivity contribution in [3.05, 3.63) is 23.8 Å². The van der Waals surface area contributed by atoms with Gasteiger partial charge in [-0.2, -0.15) is 0 Å². The van der Waals surface area contributed by atoms with Crippen LogP contribution in [0.1, 0.15) is 32.8 Å². The van der Waals surface area contributed by atoms with Gasteiger partial charge in [0.25, 0.3) is 0 Å². The van der Waals surface area contributed by atoms with Gasteiger partial charge in [-0.05, 0) is 18.1 Å². The summed E-state index contributed by atoms with van der Waals surface area (Å²) < 4.78 is 10.0. The predicted molar refractivity (Wildman–Crippen MR) is 63.1 cm³/mol. The van der Waals surface area contributed by atoms with Gasteiger partial charge in [-0.1, -0.05) is 19.4 Å². The quantitative estimate of drug-likeness (QED) is 0.595. The van der Waals surface area contributed by atoms with Crippen molar-refractivity contribution in [2.24, 2.45) is 0 Å². The summed E-state index contributed by atoms with van der Waals surface area (Å²) in [6.07, 6.45) is 1.75. The van der Waals surface area contributed by atoms with E-state index >= 15 is 0 Å². The third-order valence-electron chi connectivity index (χ3n) is 2.07. The fourth-order valence-electron chi connectivity index (χ4n) is 1.49. The summed E-state index contributed by atoms with van der Waals surface area (Å²) in [7, 11) is 0. The van der Waals surface area contributed by atoms with Crippen LogP contribution in [-0.2, 0) is 16.0 Å². The van der Waals surface area contributed by atoms with E-state index in [2.05, 4.69) is 0 Å². The molecule has 0 aromatic heterocycles. The largest absolute Gasteiger partial charge is 0.427 e. The minimum atomic E-state index is -0.401. The number of benzene rings is 1. The lowest BCUT2D eigenvalue weighted by molar-refractivity contribution is -0.132. The molecule has 0 radical (unpaired) electrons. The Morgan fingerprint density at radius 1 is 1.12 bits per heavy atom. The summed E-state index contributed by atoms with van der Waals surface area (Å²) in [6.45, 7) is 4.71.